The second-order valence-electron chi connectivity index (χ2n) is 5.48. The Morgan fingerprint density at radius 1 is 1.13 bits per heavy atom. The minimum absolute atomic E-state index is 0.310. The van der Waals surface area contributed by atoms with Gasteiger partial charge in [-0.1, -0.05) is 36.4 Å². The molecule has 4 heteroatoms. The molecule has 2 rings (SSSR count). The quantitative estimate of drug-likeness (QED) is 0.739. The highest BCUT2D eigenvalue weighted by atomic mass is 32.1. The molecule has 0 amide bonds. The second-order valence-corrected chi connectivity index (χ2v) is 5.89. The van der Waals surface area contributed by atoms with E-state index in [4.69, 9.17) is 17.0 Å². The summed E-state index contributed by atoms with van der Waals surface area (Å²) in [6.07, 6.45) is 2.07. The fourth-order valence-electron chi connectivity index (χ4n) is 2.32. The molecule has 122 valence electrons. The van der Waals surface area contributed by atoms with Crippen LogP contribution >= 0.6 is 12.2 Å². The van der Waals surface area contributed by atoms with Gasteiger partial charge in [0.2, 0.25) is 0 Å². The van der Waals surface area contributed by atoms with Gasteiger partial charge >= 0.3 is 0 Å². The van der Waals surface area contributed by atoms with Gasteiger partial charge in [-0.3, -0.25) is 0 Å². The summed E-state index contributed by atoms with van der Waals surface area (Å²) in [7, 11) is 0. The lowest BCUT2D eigenvalue weighted by molar-refractivity contribution is 0.340. The molecule has 0 heterocycles. The first-order valence-corrected chi connectivity index (χ1v) is 8.42. The van der Waals surface area contributed by atoms with E-state index in [2.05, 4.69) is 41.8 Å². The normalized spacial score (nSPS) is 11.6. The van der Waals surface area contributed by atoms with Gasteiger partial charge in [0.25, 0.3) is 0 Å². The minimum Gasteiger partial charge on any atom is -0.494 e. The monoisotopic (exact) mass is 328 g/mol. The molecular weight excluding hydrogens is 304 g/mol. The van der Waals surface area contributed by atoms with E-state index in [1.165, 1.54) is 5.56 Å². The standard InChI is InChI=1S/C19H24N2OS/c1-3-22-18-11-7-10-17(14-18)21-19(23)20-15(2)12-13-16-8-5-4-6-9-16/h4-11,14-15H,3,12-13H2,1-2H3,(H2,20,21,23). The van der Waals surface area contributed by atoms with Gasteiger partial charge in [0, 0.05) is 17.8 Å². The Labute approximate surface area is 144 Å². The van der Waals surface area contributed by atoms with Crippen LogP contribution in [0.25, 0.3) is 0 Å². The van der Waals surface area contributed by atoms with Crippen molar-refractivity contribution in [3.8, 4) is 5.75 Å². The number of rotatable bonds is 7. The van der Waals surface area contributed by atoms with Crippen molar-refractivity contribution in [2.75, 3.05) is 11.9 Å². The van der Waals surface area contributed by atoms with Crippen molar-refractivity contribution in [3.05, 3.63) is 60.2 Å². The first-order valence-electron chi connectivity index (χ1n) is 8.01. The Balaban J connectivity index is 1.78. The van der Waals surface area contributed by atoms with Crippen LogP contribution in [0.2, 0.25) is 0 Å². The summed E-state index contributed by atoms with van der Waals surface area (Å²) in [5.41, 5.74) is 2.29. The fourth-order valence-corrected chi connectivity index (χ4v) is 2.64. The number of hydrogen-bond donors (Lipinski definition) is 2. The number of benzene rings is 2. The van der Waals surface area contributed by atoms with Gasteiger partial charge in [0.15, 0.2) is 5.11 Å². The predicted octanol–water partition coefficient (Wildman–Crippen LogP) is 4.39. The smallest absolute Gasteiger partial charge is 0.170 e. The van der Waals surface area contributed by atoms with E-state index < -0.39 is 0 Å². The molecule has 0 bridgehead atoms. The van der Waals surface area contributed by atoms with Gasteiger partial charge in [-0.05, 0) is 56.6 Å². The molecule has 0 aliphatic heterocycles. The van der Waals surface area contributed by atoms with Crippen LogP contribution in [0.3, 0.4) is 0 Å². The zero-order valence-corrected chi connectivity index (χ0v) is 14.5. The van der Waals surface area contributed by atoms with Crippen molar-refractivity contribution >= 4 is 23.0 Å². The van der Waals surface area contributed by atoms with Gasteiger partial charge < -0.3 is 15.4 Å². The lowest BCUT2D eigenvalue weighted by Gasteiger charge is -2.17. The summed E-state index contributed by atoms with van der Waals surface area (Å²) in [5.74, 6) is 0.845. The van der Waals surface area contributed by atoms with Crippen molar-refractivity contribution in [1.82, 2.24) is 5.32 Å². The van der Waals surface area contributed by atoms with Gasteiger partial charge in [-0.25, -0.2) is 0 Å². The first-order chi connectivity index (χ1) is 11.2. The molecule has 0 aliphatic rings. The van der Waals surface area contributed by atoms with Crippen LogP contribution in [-0.4, -0.2) is 17.8 Å². The van der Waals surface area contributed by atoms with Crippen LogP contribution in [0.4, 0.5) is 5.69 Å². The van der Waals surface area contributed by atoms with E-state index in [9.17, 15) is 0 Å². The molecule has 0 saturated carbocycles. The van der Waals surface area contributed by atoms with Crippen LogP contribution in [0.1, 0.15) is 25.8 Å². The van der Waals surface area contributed by atoms with Crippen LogP contribution in [0.5, 0.6) is 5.75 Å². The number of aryl methyl sites for hydroxylation is 1. The average molecular weight is 328 g/mol. The number of hydrogen-bond acceptors (Lipinski definition) is 2. The molecule has 0 aliphatic carbocycles. The Morgan fingerprint density at radius 3 is 2.65 bits per heavy atom. The predicted molar refractivity (Wildman–Crippen MR) is 101 cm³/mol. The van der Waals surface area contributed by atoms with Crippen molar-refractivity contribution < 1.29 is 4.74 Å². The van der Waals surface area contributed by atoms with Crippen molar-refractivity contribution in [2.24, 2.45) is 0 Å². The minimum atomic E-state index is 0.310. The number of anilines is 1. The van der Waals surface area contributed by atoms with E-state index in [0.717, 1.165) is 24.3 Å². The molecule has 2 aromatic rings. The average Bonchev–Trinajstić information content (AvgIpc) is 2.54. The molecule has 2 N–H and O–H groups in total. The highest BCUT2D eigenvalue weighted by Gasteiger charge is 2.05. The first kappa shape index (κ1) is 17.3. The van der Waals surface area contributed by atoms with Crippen LogP contribution in [-0.2, 0) is 6.42 Å². The maximum Gasteiger partial charge on any atom is 0.170 e. The SMILES string of the molecule is CCOc1cccc(NC(=S)NC(C)CCc2ccccc2)c1. The molecule has 0 fully saturated rings. The zero-order valence-electron chi connectivity index (χ0n) is 13.7. The molecule has 23 heavy (non-hydrogen) atoms. The third-order valence-electron chi connectivity index (χ3n) is 3.49. The summed E-state index contributed by atoms with van der Waals surface area (Å²) in [4.78, 5) is 0. The number of ether oxygens (including phenoxy) is 1. The van der Waals surface area contributed by atoms with Crippen molar-refractivity contribution in [1.29, 1.82) is 0 Å². The molecule has 0 aromatic heterocycles. The highest BCUT2D eigenvalue weighted by Crippen LogP contribution is 2.17. The van der Waals surface area contributed by atoms with E-state index in [-0.39, 0.29) is 0 Å². The molecule has 2 aromatic carbocycles. The van der Waals surface area contributed by atoms with Crippen LogP contribution < -0.4 is 15.4 Å². The van der Waals surface area contributed by atoms with E-state index in [0.29, 0.717) is 17.8 Å². The summed E-state index contributed by atoms with van der Waals surface area (Å²) >= 11 is 5.39. The third kappa shape index (κ3) is 6.28. The molecule has 0 radical (unpaired) electrons. The number of nitrogens with one attached hydrogen (secondary N) is 2. The van der Waals surface area contributed by atoms with E-state index >= 15 is 0 Å². The summed E-state index contributed by atoms with van der Waals surface area (Å²) < 4.78 is 5.49. The third-order valence-corrected chi connectivity index (χ3v) is 3.71. The van der Waals surface area contributed by atoms with Crippen molar-refractivity contribution in [2.45, 2.75) is 32.7 Å². The molecule has 1 unspecified atom stereocenters. The Bertz CT molecular complexity index is 616. The van der Waals surface area contributed by atoms with Crippen molar-refractivity contribution in [3.63, 3.8) is 0 Å². The Morgan fingerprint density at radius 2 is 1.91 bits per heavy atom. The molecule has 0 saturated heterocycles. The highest BCUT2D eigenvalue weighted by molar-refractivity contribution is 7.80. The zero-order chi connectivity index (χ0) is 16.5. The fraction of sp³-hybridized carbons (Fsp3) is 0.316. The molecule has 0 spiro atoms. The summed E-state index contributed by atoms with van der Waals surface area (Å²) in [5, 5.41) is 7.18. The lowest BCUT2D eigenvalue weighted by Crippen LogP contribution is -2.36. The summed E-state index contributed by atoms with van der Waals surface area (Å²) in [6, 6.07) is 18.6. The maximum atomic E-state index is 5.49. The van der Waals surface area contributed by atoms with Gasteiger partial charge in [0.1, 0.15) is 5.75 Å². The molecular formula is C19H24N2OS. The van der Waals surface area contributed by atoms with Crippen LogP contribution in [0, 0.1) is 0 Å². The van der Waals surface area contributed by atoms with Gasteiger partial charge in [-0.15, -0.1) is 0 Å². The van der Waals surface area contributed by atoms with Crippen LogP contribution in [0.15, 0.2) is 54.6 Å². The lowest BCUT2D eigenvalue weighted by atomic mass is 10.1. The van der Waals surface area contributed by atoms with Gasteiger partial charge in [-0.2, -0.15) is 0 Å². The van der Waals surface area contributed by atoms with Gasteiger partial charge in [0.05, 0.1) is 6.61 Å². The summed E-state index contributed by atoms with van der Waals surface area (Å²) in [6.45, 7) is 4.77. The molecule has 3 nitrogen and oxygen atoms in total. The Hall–Kier alpha value is -2.07. The topological polar surface area (TPSA) is 33.3 Å². The second kappa shape index (κ2) is 9.16. The maximum absolute atomic E-state index is 5.49. The largest absolute Gasteiger partial charge is 0.494 e. The number of thiocarbonyl (C=S) groups is 1. The van der Waals surface area contributed by atoms with E-state index in [1.54, 1.807) is 0 Å². The molecule has 1 atom stereocenters. The Kier molecular flexibility index (Phi) is 6.88. The van der Waals surface area contributed by atoms with E-state index in [1.807, 2.05) is 37.3 Å².